The Morgan fingerprint density at radius 3 is 2.44 bits per heavy atom. The summed E-state index contributed by atoms with van der Waals surface area (Å²) in [5.74, 6) is 1.31. The summed E-state index contributed by atoms with van der Waals surface area (Å²) in [6, 6.07) is 16.9. The van der Waals surface area contributed by atoms with Gasteiger partial charge in [-0.3, -0.25) is 4.79 Å². The van der Waals surface area contributed by atoms with E-state index >= 15 is 0 Å². The molecule has 6 heteroatoms. The predicted octanol–water partition coefficient (Wildman–Crippen LogP) is 5.55. The van der Waals surface area contributed by atoms with Crippen molar-refractivity contribution in [1.29, 1.82) is 0 Å². The topological polar surface area (TPSA) is 56.6 Å². The Bertz CT molecular complexity index is 1110. The molecule has 0 aliphatic carbocycles. The van der Waals surface area contributed by atoms with Gasteiger partial charge in [0.1, 0.15) is 5.82 Å². The molecule has 1 aliphatic heterocycles. The third-order valence-electron chi connectivity index (χ3n) is 7.20. The number of hydrogen-bond acceptors (Lipinski definition) is 5. The van der Waals surface area contributed by atoms with Crippen molar-refractivity contribution in [3.05, 3.63) is 65.5 Å². The number of carbonyl (C=O) groups excluding carboxylic acids is 1. The minimum atomic E-state index is -0.238. The van der Waals surface area contributed by atoms with Crippen molar-refractivity contribution in [3.8, 4) is 0 Å². The number of fused-ring (bicyclic) bond motifs is 1. The van der Waals surface area contributed by atoms with Crippen LogP contribution < -0.4 is 0 Å². The molecule has 2 heterocycles. The Labute approximate surface area is 215 Å². The Morgan fingerprint density at radius 2 is 1.75 bits per heavy atom. The molecule has 0 amide bonds. The van der Waals surface area contributed by atoms with Gasteiger partial charge in [-0.05, 0) is 83.3 Å². The molecule has 1 fully saturated rings. The van der Waals surface area contributed by atoms with Crippen LogP contribution in [0.15, 0.2) is 48.5 Å². The standard InChI is InChI=1S/C30H41N3O3/c1-5-35-21-20-33-28-9-7-6-8-27(28)31-29(33)26-15-18-32(19-16-26)17-14-24-10-12-25(13-11-24)23(4)30(34)36-22(2)3/h6-13,22-23,26H,5,14-21H2,1-4H3. The summed E-state index contributed by atoms with van der Waals surface area (Å²) >= 11 is 0. The number of imidazole rings is 1. The minimum Gasteiger partial charge on any atom is -0.463 e. The lowest BCUT2D eigenvalue weighted by molar-refractivity contribution is -0.148. The molecule has 36 heavy (non-hydrogen) atoms. The summed E-state index contributed by atoms with van der Waals surface area (Å²) in [7, 11) is 0. The van der Waals surface area contributed by atoms with Crippen LogP contribution >= 0.6 is 0 Å². The van der Waals surface area contributed by atoms with Gasteiger partial charge >= 0.3 is 5.97 Å². The second-order valence-electron chi connectivity index (χ2n) is 10.1. The average Bonchev–Trinajstić information content (AvgIpc) is 3.26. The van der Waals surface area contributed by atoms with Gasteiger partial charge in [0.2, 0.25) is 0 Å². The number of ether oxygens (including phenoxy) is 2. The van der Waals surface area contributed by atoms with Gasteiger partial charge in [-0.1, -0.05) is 36.4 Å². The number of aromatic nitrogens is 2. The lowest BCUT2D eigenvalue weighted by atomic mass is 9.95. The zero-order chi connectivity index (χ0) is 25.5. The first-order valence-electron chi connectivity index (χ1n) is 13.5. The third kappa shape index (κ3) is 6.54. The minimum absolute atomic E-state index is 0.0856. The molecule has 0 radical (unpaired) electrons. The van der Waals surface area contributed by atoms with E-state index in [1.165, 1.54) is 16.9 Å². The van der Waals surface area contributed by atoms with E-state index in [1.54, 1.807) is 0 Å². The van der Waals surface area contributed by atoms with Crippen LogP contribution in [0.5, 0.6) is 0 Å². The van der Waals surface area contributed by atoms with Crippen LogP contribution in [0.25, 0.3) is 11.0 Å². The summed E-state index contributed by atoms with van der Waals surface area (Å²) in [5, 5.41) is 0. The summed E-state index contributed by atoms with van der Waals surface area (Å²) in [6.07, 6.45) is 3.19. The molecule has 0 spiro atoms. The second-order valence-corrected chi connectivity index (χ2v) is 10.1. The molecular formula is C30H41N3O3. The molecule has 6 nitrogen and oxygen atoms in total. The number of nitrogens with zero attached hydrogens (tertiary/aromatic N) is 3. The smallest absolute Gasteiger partial charge is 0.313 e. The zero-order valence-corrected chi connectivity index (χ0v) is 22.3. The van der Waals surface area contributed by atoms with Gasteiger partial charge in [-0.2, -0.15) is 0 Å². The molecule has 194 valence electrons. The molecule has 0 bridgehead atoms. The van der Waals surface area contributed by atoms with E-state index in [0.717, 1.165) is 69.7 Å². The van der Waals surface area contributed by atoms with E-state index in [0.29, 0.717) is 5.92 Å². The third-order valence-corrected chi connectivity index (χ3v) is 7.20. The molecule has 0 saturated carbocycles. The quantitative estimate of drug-likeness (QED) is 0.260. The zero-order valence-electron chi connectivity index (χ0n) is 22.3. The molecule has 3 aromatic rings. The fourth-order valence-electron chi connectivity index (χ4n) is 5.09. The predicted molar refractivity (Wildman–Crippen MR) is 144 cm³/mol. The monoisotopic (exact) mass is 491 g/mol. The fourth-order valence-corrected chi connectivity index (χ4v) is 5.09. The number of rotatable bonds is 11. The van der Waals surface area contributed by atoms with Crippen LogP contribution in [0.1, 0.15) is 69.3 Å². The van der Waals surface area contributed by atoms with Crippen LogP contribution in [-0.4, -0.2) is 59.4 Å². The van der Waals surface area contributed by atoms with Crippen LogP contribution in [0, 0.1) is 0 Å². The number of esters is 1. The van der Waals surface area contributed by atoms with Crippen molar-refractivity contribution in [3.63, 3.8) is 0 Å². The maximum Gasteiger partial charge on any atom is 0.313 e. The normalized spacial score (nSPS) is 16.0. The van der Waals surface area contributed by atoms with Crippen molar-refractivity contribution in [2.75, 3.05) is 32.8 Å². The van der Waals surface area contributed by atoms with Crippen molar-refractivity contribution < 1.29 is 14.3 Å². The van der Waals surface area contributed by atoms with Gasteiger partial charge in [-0.25, -0.2) is 4.98 Å². The summed E-state index contributed by atoms with van der Waals surface area (Å²) < 4.78 is 13.4. The molecule has 1 unspecified atom stereocenters. The number of benzene rings is 2. The summed E-state index contributed by atoms with van der Waals surface area (Å²) in [5.41, 5.74) is 4.62. The molecule has 1 aliphatic rings. The van der Waals surface area contributed by atoms with Gasteiger partial charge in [0.25, 0.3) is 0 Å². The van der Waals surface area contributed by atoms with Gasteiger partial charge in [-0.15, -0.1) is 0 Å². The molecule has 0 N–H and O–H groups in total. The Morgan fingerprint density at radius 1 is 1.03 bits per heavy atom. The van der Waals surface area contributed by atoms with Crippen molar-refractivity contribution in [1.82, 2.24) is 14.5 Å². The first-order chi connectivity index (χ1) is 17.5. The van der Waals surface area contributed by atoms with E-state index in [-0.39, 0.29) is 18.0 Å². The van der Waals surface area contributed by atoms with E-state index in [1.807, 2.05) is 27.7 Å². The highest BCUT2D eigenvalue weighted by atomic mass is 16.5. The Balaban J connectivity index is 1.30. The second kappa shape index (κ2) is 12.5. The molecule has 1 atom stereocenters. The first-order valence-corrected chi connectivity index (χ1v) is 13.5. The van der Waals surface area contributed by atoms with E-state index in [9.17, 15) is 4.79 Å². The van der Waals surface area contributed by atoms with Gasteiger partial charge in [0, 0.05) is 25.6 Å². The van der Waals surface area contributed by atoms with Gasteiger partial charge in [0.05, 0.1) is 29.7 Å². The Kier molecular flexibility index (Phi) is 9.16. The molecule has 2 aromatic carbocycles. The van der Waals surface area contributed by atoms with Crippen molar-refractivity contribution in [2.45, 2.75) is 71.4 Å². The lowest BCUT2D eigenvalue weighted by Crippen LogP contribution is -2.35. The average molecular weight is 492 g/mol. The van der Waals surface area contributed by atoms with E-state index in [4.69, 9.17) is 14.5 Å². The van der Waals surface area contributed by atoms with Crippen molar-refractivity contribution in [2.24, 2.45) is 0 Å². The number of hydrogen-bond donors (Lipinski definition) is 0. The number of para-hydroxylation sites is 2. The van der Waals surface area contributed by atoms with Gasteiger partial charge < -0.3 is 18.9 Å². The maximum absolute atomic E-state index is 12.2. The van der Waals surface area contributed by atoms with E-state index in [2.05, 4.69) is 58.0 Å². The number of carbonyl (C=O) groups is 1. The van der Waals surface area contributed by atoms with Crippen LogP contribution in [0.2, 0.25) is 0 Å². The highest BCUT2D eigenvalue weighted by Gasteiger charge is 2.25. The van der Waals surface area contributed by atoms with Gasteiger partial charge in [0.15, 0.2) is 0 Å². The van der Waals surface area contributed by atoms with E-state index < -0.39 is 0 Å². The molecule has 4 rings (SSSR count). The first kappa shape index (κ1) is 26.4. The highest BCUT2D eigenvalue weighted by Crippen LogP contribution is 2.30. The lowest BCUT2D eigenvalue weighted by Gasteiger charge is -2.32. The highest BCUT2D eigenvalue weighted by molar-refractivity contribution is 5.78. The van der Waals surface area contributed by atoms with Crippen LogP contribution in [0.3, 0.4) is 0 Å². The van der Waals surface area contributed by atoms with Crippen LogP contribution in [-0.2, 0) is 27.2 Å². The van der Waals surface area contributed by atoms with Crippen molar-refractivity contribution >= 4 is 17.0 Å². The SMILES string of the molecule is CCOCCn1c(C2CCN(CCc3ccc(C(C)C(=O)OC(C)C)cc3)CC2)nc2ccccc21. The molecule has 1 aromatic heterocycles. The number of likely N-dealkylation sites (tertiary alicyclic amines) is 1. The molecule has 1 saturated heterocycles. The molecular weight excluding hydrogens is 450 g/mol. The maximum atomic E-state index is 12.2. The summed E-state index contributed by atoms with van der Waals surface area (Å²) in [4.78, 5) is 19.8. The fraction of sp³-hybridized carbons (Fsp3) is 0.533. The van der Waals surface area contributed by atoms with Crippen LogP contribution in [0.4, 0.5) is 0 Å². The summed E-state index contributed by atoms with van der Waals surface area (Å²) in [6.45, 7) is 13.3. The Hall–Kier alpha value is -2.70. The largest absolute Gasteiger partial charge is 0.463 e. The number of piperidine rings is 1.